The van der Waals surface area contributed by atoms with Crippen molar-refractivity contribution in [3.8, 4) is 28.2 Å². The lowest BCUT2D eigenvalue weighted by atomic mass is 9.95. The van der Waals surface area contributed by atoms with Gasteiger partial charge in [-0.05, 0) is 65.9 Å². The number of imidazole rings is 1. The molecule has 38 heavy (non-hydrogen) atoms. The van der Waals surface area contributed by atoms with Gasteiger partial charge in [0.25, 0.3) is 0 Å². The Balaban J connectivity index is 1.53. The molecule has 0 fully saturated rings. The minimum Gasteiger partial charge on any atom is -0.437 e. The first-order valence-electron chi connectivity index (χ1n) is 12.9. The molecule has 0 bridgehead atoms. The number of aromatic nitrogens is 4. The van der Waals surface area contributed by atoms with Gasteiger partial charge in [-0.1, -0.05) is 62.4 Å². The van der Waals surface area contributed by atoms with Gasteiger partial charge < -0.3 is 4.42 Å². The van der Waals surface area contributed by atoms with Crippen LogP contribution in [0.4, 0.5) is 0 Å². The molecule has 0 aliphatic carbocycles. The lowest BCUT2D eigenvalue weighted by Crippen LogP contribution is -2.04. The summed E-state index contributed by atoms with van der Waals surface area (Å²) in [6.45, 7) is 6.45. The zero-order valence-corrected chi connectivity index (χ0v) is 21.5. The van der Waals surface area contributed by atoms with Crippen molar-refractivity contribution in [3.63, 3.8) is 0 Å². The molecule has 5 heteroatoms. The second-order valence-corrected chi connectivity index (χ2v) is 10.0. The Morgan fingerprint density at radius 3 is 2.42 bits per heavy atom. The molecule has 184 valence electrons. The summed E-state index contributed by atoms with van der Waals surface area (Å²) in [4.78, 5) is 14.4. The highest BCUT2D eigenvalue weighted by Crippen LogP contribution is 2.39. The van der Waals surface area contributed by atoms with E-state index in [1.807, 2.05) is 31.5 Å². The molecule has 0 N–H and O–H groups in total. The SMILES string of the molecule is Cc1ccc2c(n1)oc1c(-c3nc4ccccc4n3-c3ccc(-c4ccccc4)cc3C(C)C)cncc12. The van der Waals surface area contributed by atoms with Crippen molar-refractivity contribution < 1.29 is 4.42 Å². The van der Waals surface area contributed by atoms with Crippen LogP contribution in [0.15, 0.2) is 102 Å². The zero-order chi connectivity index (χ0) is 25.8. The second kappa shape index (κ2) is 8.67. The summed E-state index contributed by atoms with van der Waals surface area (Å²) >= 11 is 0. The summed E-state index contributed by atoms with van der Waals surface area (Å²) in [5, 5.41) is 1.89. The van der Waals surface area contributed by atoms with Gasteiger partial charge in [-0.25, -0.2) is 9.97 Å². The van der Waals surface area contributed by atoms with E-state index < -0.39 is 0 Å². The van der Waals surface area contributed by atoms with E-state index in [9.17, 15) is 0 Å². The monoisotopic (exact) mass is 494 g/mol. The third kappa shape index (κ3) is 3.51. The molecule has 0 aliphatic heterocycles. The van der Waals surface area contributed by atoms with Crippen molar-refractivity contribution in [2.24, 2.45) is 0 Å². The third-order valence-corrected chi connectivity index (χ3v) is 7.18. The number of pyridine rings is 2. The van der Waals surface area contributed by atoms with Crippen molar-refractivity contribution in [1.29, 1.82) is 0 Å². The molecule has 0 aliphatic rings. The van der Waals surface area contributed by atoms with Crippen molar-refractivity contribution in [2.45, 2.75) is 26.7 Å². The predicted molar refractivity (Wildman–Crippen MR) is 154 cm³/mol. The van der Waals surface area contributed by atoms with Gasteiger partial charge in [-0.2, -0.15) is 0 Å². The van der Waals surface area contributed by atoms with E-state index in [2.05, 4.69) is 101 Å². The van der Waals surface area contributed by atoms with Crippen LogP contribution < -0.4 is 0 Å². The number of rotatable bonds is 4. The molecule has 0 atom stereocenters. The van der Waals surface area contributed by atoms with Gasteiger partial charge in [0.05, 0.1) is 22.3 Å². The quantitative estimate of drug-likeness (QED) is 0.246. The lowest BCUT2D eigenvalue weighted by Gasteiger charge is -2.18. The Kier molecular flexibility index (Phi) is 5.11. The maximum absolute atomic E-state index is 6.36. The predicted octanol–water partition coefficient (Wildman–Crippen LogP) is 8.48. The number of hydrogen-bond acceptors (Lipinski definition) is 4. The maximum Gasteiger partial charge on any atom is 0.227 e. The van der Waals surface area contributed by atoms with E-state index in [1.165, 1.54) is 16.7 Å². The molecule has 0 saturated carbocycles. The molecule has 4 aromatic heterocycles. The summed E-state index contributed by atoms with van der Waals surface area (Å²) in [5.74, 6) is 1.10. The summed E-state index contributed by atoms with van der Waals surface area (Å²) in [5.41, 5.74) is 9.84. The molecule has 0 saturated heterocycles. The number of fused-ring (bicyclic) bond motifs is 4. The Morgan fingerprint density at radius 1 is 0.763 bits per heavy atom. The molecule has 0 amide bonds. The van der Waals surface area contributed by atoms with E-state index in [4.69, 9.17) is 9.40 Å². The van der Waals surface area contributed by atoms with Crippen LogP contribution in [0.5, 0.6) is 0 Å². The van der Waals surface area contributed by atoms with Crippen LogP contribution in [0, 0.1) is 6.92 Å². The molecular weight excluding hydrogens is 468 g/mol. The molecule has 4 heterocycles. The number of hydrogen-bond donors (Lipinski definition) is 0. The van der Waals surface area contributed by atoms with Gasteiger partial charge in [0.1, 0.15) is 0 Å². The number of benzene rings is 3. The fraction of sp³-hybridized carbons (Fsp3) is 0.121. The normalized spacial score (nSPS) is 11.8. The van der Waals surface area contributed by atoms with Gasteiger partial charge in [0, 0.05) is 28.9 Å². The van der Waals surface area contributed by atoms with Crippen molar-refractivity contribution >= 4 is 33.1 Å². The topological polar surface area (TPSA) is 56.7 Å². The van der Waals surface area contributed by atoms with E-state index >= 15 is 0 Å². The average molecular weight is 495 g/mol. The summed E-state index contributed by atoms with van der Waals surface area (Å²) in [6, 6.07) is 29.6. The minimum atomic E-state index is 0.301. The molecule has 0 unspecified atom stereocenters. The minimum absolute atomic E-state index is 0.301. The van der Waals surface area contributed by atoms with Gasteiger partial charge in [-0.15, -0.1) is 0 Å². The van der Waals surface area contributed by atoms with Gasteiger partial charge >= 0.3 is 0 Å². The van der Waals surface area contributed by atoms with E-state index in [0.29, 0.717) is 11.6 Å². The third-order valence-electron chi connectivity index (χ3n) is 7.18. The number of furan rings is 1. The Hall–Kier alpha value is -4.77. The summed E-state index contributed by atoms with van der Waals surface area (Å²) in [6.07, 6.45) is 3.70. The van der Waals surface area contributed by atoms with Crippen LogP contribution >= 0.6 is 0 Å². The molecule has 0 spiro atoms. The Morgan fingerprint density at radius 2 is 1.58 bits per heavy atom. The maximum atomic E-state index is 6.36. The number of aryl methyl sites for hydroxylation is 1. The molecule has 5 nitrogen and oxygen atoms in total. The van der Waals surface area contributed by atoms with E-state index in [-0.39, 0.29) is 0 Å². The van der Waals surface area contributed by atoms with E-state index in [0.717, 1.165) is 50.2 Å². The van der Waals surface area contributed by atoms with Gasteiger partial charge in [0.2, 0.25) is 5.71 Å². The smallest absolute Gasteiger partial charge is 0.227 e. The first-order valence-corrected chi connectivity index (χ1v) is 12.9. The number of nitrogens with zero attached hydrogens (tertiary/aromatic N) is 4. The van der Waals surface area contributed by atoms with Crippen LogP contribution in [0.2, 0.25) is 0 Å². The van der Waals surface area contributed by atoms with Crippen molar-refractivity contribution in [1.82, 2.24) is 19.5 Å². The van der Waals surface area contributed by atoms with Gasteiger partial charge in [0.15, 0.2) is 11.4 Å². The Labute approximate surface area is 220 Å². The van der Waals surface area contributed by atoms with Crippen LogP contribution in [-0.4, -0.2) is 19.5 Å². The van der Waals surface area contributed by atoms with Crippen LogP contribution in [0.25, 0.3) is 61.3 Å². The van der Waals surface area contributed by atoms with Crippen LogP contribution in [-0.2, 0) is 0 Å². The summed E-state index contributed by atoms with van der Waals surface area (Å²) < 4.78 is 8.61. The van der Waals surface area contributed by atoms with Gasteiger partial charge in [-0.3, -0.25) is 9.55 Å². The lowest BCUT2D eigenvalue weighted by molar-refractivity contribution is 0.652. The summed E-state index contributed by atoms with van der Waals surface area (Å²) in [7, 11) is 0. The fourth-order valence-corrected chi connectivity index (χ4v) is 5.30. The molecule has 3 aromatic carbocycles. The number of para-hydroxylation sites is 2. The van der Waals surface area contributed by atoms with Crippen LogP contribution in [0.1, 0.15) is 31.0 Å². The first-order chi connectivity index (χ1) is 18.6. The Bertz CT molecular complexity index is 1960. The molecule has 7 rings (SSSR count). The highest BCUT2D eigenvalue weighted by atomic mass is 16.3. The average Bonchev–Trinajstić information content (AvgIpc) is 3.51. The molecule has 7 aromatic rings. The largest absolute Gasteiger partial charge is 0.437 e. The fourth-order valence-electron chi connectivity index (χ4n) is 5.30. The molecular formula is C33H26N4O. The standard InChI is InChI=1S/C33H26N4O/c1-20(2)25-17-23(22-9-5-4-6-10-22)14-16-29(25)37-30-12-8-7-11-28(30)36-32(37)27-19-34-18-26-24-15-13-21(3)35-33(24)38-31(26)27/h4-20H,1-3H3. The molecule has 0 radical (unpaired) electrons. The van der Waals surface area contributed by atoms with Crippen molar-refractivity contribution in [2.75, 3.05) is 0 Å². The van der Waals surface area contributed by atoms with Crippen molar-refractivity contribution in [3.05, 3.63) is 109 Å². The highest BCUT2D eigenvalue weighted by Gasteiger charge is 2.22. The van der Waals surface area contributed by atoms with E-state index in [1.54, 1.807) is 0 Å². The highest BCUT2D eigenvalue weighted by molar-refractivity contribution is 6.08. The zero-order valence-electron chi connectivity index (χ0n) is 21.5. The second-order valence-electron chi connectivity index (χ2n) is 10.0. The first kappa shape index (κ1) is 22.4. The van der Waals surface area contributed by atoms with Crippen LogP contribution in [0.3, 0.4) is 0 Å².